The van der Waals surface area contributed by atoms with Crippen molar-refractivity contribution in [2.24, 2.45) is 11.8 Å². The number of hydrogen-bond donors (Lipinski definition) is 1. The van der Waals surface area contributed by atoms with E-state index in [1.807, 2.05) is 0 Å². The van der Waals surface area contributed by atoms with Crippen LogP contribution < -0.4 is 5.32 Å². The van der Waals surface area contributed by atoms with Crippen molar-refractivity contribution in [1.29, 1.82) is 0 Å². The number of carbonyl (C=O) groups is 4. The number of imide groups is 1. The van der Waals surface area contributed by atoms with Crippen LogP contribution in [-0.2, 0) is 23.9 Å². The van der Waals surface area contributed by atoms with E-state index in [0.29, 0.717) is 29.1 Å². The average Bonchev–Trinajstić information content (AvgIpc) is 2.94. The quantitative estimate of drug-likeness (QED) is 0.599. The van der Waals surface area contributed by atoms with Crippen LogP contribution in [0.1, 0.15) is 38.2 Å². The number of anilines is 1. The highest BCUT2D eigenvalue weighted by Gasteiger charge is 2.51. The molecule has 2 fully saturated rings. The number of benzene rings is 1. The van der Waals surface area contributed by atoms with Gasteiger partial charge in [0, 0.05) is 10.7 Å². The van der Waals surface area contributed by atoms with E-state index in [-0.39, 0.29) is 23.7 Å². The second-order valence-electron chi connectivity index (χ2n) is 7.29. The summed E-state index contributed by atoms with van der Waals surface area (Å²) in [5, 5.41) is 3.14. The van der Waals surface area contributed by atoms with Crippen molar-refractivity contribution in [3.63, 3.8) is 0 Å². The number of amides is 3. The fourth-order valence-corrected chi connectivity index (χ4v) is 4.04. The summed E-state index contributed by atoms with van der Waals surface area (Å²) in [7, 11) is 0. The van der Waals surface area contributed by atoms with Crippen molar-refractivity contribution in [1.82, 2.24) is 4.90 Å². The van der Waals surface area contributed by atoms with E-state index in [1.165, 1.54) is 6.92 Å². The molecule has 1 aromatic carbocycles. The van der Waals surface area contributed by atoms with Gasteiger partial charge in [0.15, 0.2) is 6.61 Å². The second-order valence-corrected chi connectivity index (χ2v) is 7.70. The van der Waals surface area contributed by atoms with Crippen molar-refractivity contribution in [3.05, 3.63) is 28.8 Å². The molecule has 1 saturated heterocycles. The lowest BCUT2D eigenvalue weighted by Gasteiger charge is -2.21. The molecule has 7 nitrogen and oxygen atoms in total. The van der Waals surface area contributed by atoms with Gasteiger partial charge in [-0.2, -0.15) is 0 Å². The minimum atomic E-state index is -1.05. The van der Waals surface area contributed by atoms with Crippen molar-refractivity contribution < 1.29 is 23.9 Å². The maximum absolute atomic E-state index is 12.6. The molecule has 2 aliphatic rings. The normalized spacial score (nSPS) is 22.6. The third-order valence-corrected chi connectivity index (χ3v) is 5.90. The summed E-state index contributed by atoms with van der Waals surface area (Å²) >= 11 is 6.01. The molecule has 1 aliphatic carbocycles. The summed E-state index contributed by atoms with van der Waals surface area (Å²) in [6.45, 7) is 2.70. The first-order valence-corrected chi connectivity index (χ1v) is 9.77. The molecule has 3 rings (SSSR count). The lowest BCUT2D eigenvalue weighted by molar-refractivity contribution is -0.159. The van der Waals surface area contributed by atoms with Gasteiger partial charge in [0.1, 0.15) is 6.04 Å². The lowest BCUT2D eigenvalue weighted by atomic mass is 9.81. The molecule has 0 aromatic heterocycles. The Morgan fingerprint density at radius 1 is 1.21 bits per heavy atom. The van der Waals surface area contributed by atoms with Crippen molar-refractivity contribution in [2.45, 2.75) is 45.6 Å². The summed E-state index contributed by atoms with van der Waals surface area (Å²) in [6, 6.07) is 4.04. The number of likely N-dealkylation sites (tertiary alicyclic amines) is 1. The first-order chi connectivity index (χ1) is 13.3. The van der Waals surface area contributed by atoms with Crippen LogP contribution in [0.4, 0.5) is 5.69 Å². The Morgan fingerprint density at radius 3 is 2.43 bits per heavy atom. The third kappa shape index (κ3) is 3.90. The Kier molecular flexibility index (Phi) is 6.03. The van der Waals surface area contributed by atoms with Crippen LogP contribution in [0.25, 0.3) is 0 Å². The number of halogens is 1. The zero-order valence-electron chi connectivity index (χ0n) is 15.9. The molecule has 3 amide bonds. The molecule has 0 unspecified atom stereocenters. The highest BCUT2D eigenvalue weighted by Crippen LogP contribution is 2.38. The molecule has 1 N–H and O–H groups in total. The maximum atomic E-state index is 12.6. The smallest absolute Gasteiger partial charge is 0.329 e. The van der Waals surface area contributed by atoms with Crippen LogP contribution >= 0.6 is 11.6 Å². The van der Waals surface area contributed by atoms with Crippen LogP contribution in [-0.4, -0.2) is 41.2 Å². The van der Waals surface area contributed by atoms with Crippen LogP contribution in [0.15, 0.2) is 18.2 Å². The van der Waals surface area contributed by atoms with E-state index in [4.69, 9.17) is 16.3 Å². The number of nitrogens with zero attached hydrogens (tertiary/aromatic N) is 1. The standard InChI is InChI=1S/C20H23ClN2O5/c1-11-15(21)8-5-9-16(11)22-17(24)10-28-20(27)12(2)23-18(25)13-6-3-4-7-14(13)19(23)26/h5,8-9,12-14H,3-4,6-7,10H2,1-2H3,(H,22,24)/t12-,13-,14+/m0/s1. The number of rotatable bonds is 5. The summed E-state index contributed by atoms with van der Waals surface area (Å²) < 4.78 is 5.04. The summed E-state index contributed by atoms with van der Waals surface area (Å²) in [4.78, 5) is 50.5. The van der Waals surface area contributed by atoms with Crippen molar-refractivity contribution >= 4 is 41.0 Å². The van der Waals surface area contributed by atoms with E-state index in [9.17, 15) is 19.2 Å². The summed E-state index contributed by atoms with van der Waals surface area (Å²) in [5.41, 5.74) is 1.23. The largest absolute Gasteiger partial charge is 0.454 e. The highest BCUT2D eigenvalue weighted by atomic mass is 35.5. The van der Waals surface area contributed by atoms with Crippen LogP contribution in [0.5, 0.6) is 0 Å². The molecule has 3 atom stereocenters. The van der Waals surface area contributed by atoms with Crippen molar-refractivity contribution in [2.75, 3.05) is 11.9 Å². The Morgan fingerprint density at radius 2 is 1.82 bits per heavy atom. The van der Waals surface area contributed by atoms with Gasteiger partial charge < -0.3 is 10.1 Å². The van der Waals surface area contributed by atoms with Gasteiger partial charge in [-0.25, -0.2) is 4.79 Å². The highest BCUT2D eigenvalue weighted by molar-refractivity contribution is 6.31. The fourth-order valence-electron chi connectivity index (χ4n) is 3.86. The molecular formula is C20H23ClN2O5. The first-order valence-electron chi connectivity index (χ1n) is 9.39. The Bertz CT molecular complexity index is 801. The molecule has 1 aliphatic heterocycles. The molecule has 0 spiro atoms. The predicted octanol–water partition coefficient (Wildman–Crippen LogP) is 2.69. The summed E-state index contributed by atoms with van der Waals surface area (Å²) in [6.07, 6.45) is 3.18. The average molecular weight is 407 g/mol. The Labute approximate surface area is 168 Å². The van der Waals surface area contributed by atoms with Gasteiger partial charge in [-0.1, -0.05) is 30.5 Å². The number of hydrogen-bond acceptors (Lipinski definition) is 5. The minimum absolute atomic E-state index is 0.307. The predicted molar refractivity (Wildman–Crippen MR) is 103 cm³/mol. The van der Waals surface area contributed by atoms with Gasteiger partial charge >= 0.3 is 5.97 Å². The first kappa shape index (κ1) is 20.3. The molecule has 1 heterocycles. The van der Waals surface area contributed by atoms with Crippen LogP contribution in [0, 0.1) is 18.8 Å². The van der Waals surface area contributed by atoms with Gasteiger partial charge in [0.25, 0.3) is 5.91 Å². The second kappa shape index (κ2) is 8.31. The van der Waals surface area contributed by atoms with E-state index >= 15 is 0 Å². The van der Waals surface area contributed by atoms with Gasteiger partial charge in [0.2, 0.25) is 11.8 Å². The van der Waals surface area contributed by atoms with E-state index in [0.717, 1.165) is 17.7 Å². The fraction of sp³-hybridized carbons (Fsp3) is 0.500. The number of ether oxygens (including phenoxy) is 1. The van der Waals surface area contributed by atoms with Crippen LogP contribution in [0.3, 0.4) is 0 Å². The molecule has 150 valence electrons. The number of carbonyl (C=O) groups excluding carboxylic acids is 4. The monoisotopic (exact) mass is 406 g/mol. The summed E-state index contributed by atoms with van der Waals surface area (Å²) in [5.74, 6) is -2.58. The third-order valence-electron chi connectivity index (χ3n) is 5.49. The number of esters is 1. The van der Waals surface area contributed by atoms with Gasteiger partial charge in [-0.3, -0.25) is 19.3 Å². The van der Waals surface area contributed by atoms with Gasteiger partial charge in [-0.15, -0.1) is 0 Å². The number of fused-ring (bicyclic) bond motifs is 1. The SMILES string of the molecule is Cc1c(Cl)cccc1NC(=O)COC(=O)[C@H](C)N1C(=O)[C@H]2CCCC[C@H]2C1=O. The molecule has 8 heteroatoms. The van der Waals surface area contributed by atoms with Gasteiger partial charge in [0.05, 0.1) is 11.8 Å². The number of nitrogens with one attached hydrogen (secondary N) is 1. The van der Waals surface area contributed by atoms with E-state index in [2.05, 4.69) is 5.32 Å². The topological polar surface area (TPSA) is 92.8 Å². The minimum Gasteiger partial charge on any atom is -0.454 e. The zero-order valence-corrected chi connectivity index (χ0v) is 16.6. The molecule has 1 saturated carbocycles. The van der Waals surface area contributed by atoms with E-state index < -0.39 is 24.5 Å². The molecular weight excluding hydrogens is 384 g/mol. The maximum Gasteiger partial charge on any atom is 0.329 e. The molecule has 0 bridgehead atoms. The van der Waals surface area contributed by atoms with E-state index in [1.54, 1.807) is 25.1 Å². The van der Waals surface area contributed by atoms with Crippen molar-refractivity contribution in [3.8, 4) is 0 Å². The molecule has 0 radical (unpaired) electrons. The molecule has 1 aromatic rings. The Hall–Kier alpha value is -2.41. The lowest BCUT2D eigenvalue weighted by Crippen LogP contribution is -2.45. The zero-order chi connectivity index (χ0) is 20.4. The van der Waals surface area contributed by atoms with Gasteiger partial charge in [-0.05, 0) is 44.4 Å². The van der Waals surface area contributed by atoms with Crippen LogP contribution in [0.2, 0.25) is 5.02 Å². The Balaban J connectivity index is 1.57. The molecule has 28 heavy (non-hydrogen) atoms.